The zero-order chi connectivity index (χ0) is 21.9. The van der Waals surface area contributed by atoms with Crippen LogP contribution in [0.15, 0.2) is 72.8 Å². The Morgan fingerprint density at radius 1 is 0.933 bits per heavy atom. The molecular formula is C24H22F2O4. The summed E-state index contributed by atoms with van der Waals surface area (Å²) in [4.78, 5) is 12.0. The minimum Gasteiger partial charge on any atom is -0.479 e. The van der Waals surface area contributed by atoms with Gasteiger partial charge in [-0.1, -0.05) is 49.0 Å². The monoisotopic (exact) mass is 412 g/mol. The quantitative estimate of drug-likeness (QED) is 0.262. The van der Waals surface area contributed by atoms with Crippen molar-refractivity contribution in [2.45, 2.75) is 33.0 Å². The SMILES string of the molecule is C=C(C)C(=O)Oc1cccc2c(OC(C)(C)c3ccccc3)c(OC(F)F)ccc12. The second-order valence-corrected chi connectivity index (χ2v) is 7.27. The van der Waals surface area contributed by atoms with Gasteiger partial charge in [0.2, 0.25) is 0 Å². The molecule has 0 bridgehead atoms. The molecule has 0 radical (unpaired) electrons. The van der Waals surface area contributed by atoms with E-state index in [0.717, 1.165) is 5.56 Å². The molecule has 0 heterocycles. The van der Waals surface area contributed by atoms with E-state index in [1.54, 1.807) is 31.2 Å². The normalized spacial score (nSPS) is 11.4. The van der Waals surface area contributed by atoms with Crippen LogP contribution in [-0.4, -0.2) is 12.6 Å². The molecule has 156 valence electrons. The van der Waals surface area contributed by atoms with Crippen LogP contribution in [0.2, 0.25) is 0 Å². The Balaban J connectivity index is 2.14. The molecule has 3 rings (SSSR count). The van der Waals surface area contributed by atoms with Crippen LogP contribution in [-0.2, 0) is 10.4 Å². The Bertz CT molecular complexity index is 1080. The first-order valence-electron chi connectivity index (χ1n) is 9.32. The van der Waals surface area contributed by atoms with Crippen molar-refractivity contribution in [2.75, 3.05) is 0 Å². The van der Waals surface area contributed by atoms with Crippen LogP contribution >= 0.6 is 0 Å². The molecule has 0 N–H and O–H groups in total. The molecule has 4 nitrogen and oxygen atoms in total. The van der Waals surface area contributed by atoms with Crippen molar-refractivity contribution in [1.29, 1.82) is 0 Å². The summed E-state index contributed by atoms with van der Waals surface area (Å²) in [5.41, 5.74) is 0.251. The first-order chi connectivity index (χ1) is 14.2. The number of alkyl halides is 2. The van der Waals surface area contributed by atoms with E-state index in [4.69, 9.17) is 14.2 Å². The van der Waals surface area contributed by atoms with E-state index in [1.807, 2.05) is 44.2 Å². The molecule has 30 heavy (non-hydrogen) atoms. The molecule has 0 fully saturated rings. The number of ether oxygens (including phenoxy) is 3. The topological polar surface area (TPSA) is 44.8 Å². The molecule has 3 aromatic rings. The Kier molecular flexibility index (Phi) is 6.06. The lowest BCUT2D eigenvalue weighted by molar-refractivity contribution is -0.129. The van der Waals surface area contributed by atoms with Gasteiger partial charge in [-0.2, -0.15) is 8.78 Å². The molecule has 0 atom stereocenters. The third-order valence-corrected chi connectivity index (χ3v) is 4.53. The van der Waals surface area contributed by atoms with Crippen LogP contribution in [0.3, 0.4) is 0 Å². The van der Waals surface area contributed by atoms with E-state index in [0.29, 0.717) is 10.8 Å². The van der Waals surface area contributed by atoms with Crippen LogP contribution in [0.1, 0.15) is 26.3 Å². The highest BCUT2D eigenvalue weighted by Gasteiger charge is 2.27. The summed E-state index contributed by atoms with van der Waals surface area (Å²) >= 11 is 0. The third kappa shape index (κ3) is 4.59. The van der Waals surface area contributed by atoms with E-state index in [2.05, 4.69) is 6.58 Å². The smallest absolute Gasteiger partial charge is 0.387 e. The van der Waals surface area contributed by atoms with Gasteiger partial charge in [-0.3, -0.25) is 0 Å². The van der Waals surface area contributed by atoms with Gasteiger partial charge in [-0.25, -0.2) is 4.79 Å². The van der Waals surface area contributed by atoms with Crippen molar-refractivity contribution in [2.24, 2.45) is 0 Å². The Labute approximate surface area is 173 Å². The van der Waals surface area contributed by atoms with E-state index >= 15 is 0 Å². The van der Waals surface area contributed by atoms with Gasteiger partial charge in [0.05, 0.1) is 0 Å². The van der Waals surface area contributed by atoms with Gasteiger partial charge in [0.1, 0.15) is 11.4 Å². The lowest BCUT2D eigenvalue weighted by Gasteiger charge is -2.29. The second kappa shape index (κ2) is 8.53. The van der Waals surface area contributed by atoms with Crippen LogP contribution in [0.4, 0.5) is 8.78 Å². The minimum atomic E-state index is -3.02. The number of halogens is 2. The molecule has 0 unspecified atom stereocenters. The molecule has 0 aliphatic heterocycles. The molecule has 6 heteroatoms. The number of rotatable bonds is 7. The number of esters is 1. The minimum absolute atomic E-state index is 0.107. The lowest BCUT2D eigenvalue weighted by atomic mass is 9.97. The average Bonchev–Trinajstić information content (AvgIpc) is 2.70. The summed E-state index contributed by atoms with van der Waals surface area (Å²) in [5, 5.41) is 0.997. The number of fused-ring (bicyclic) bond motifs is 1. The molecule has 0 saturated carbocycles. The van der Waals surface area contributed by atoms with Crippen LogP contribution in [0.5, 0.6) is 17.2 Å². The Morgan fingerprint density at radius 3 is 2.27 bits per heavy atom. The fourth-order valence-electron chi connectivity index (χ4n) is 3.01. The van der Waals surface area contributed by atoms with Crippen LogP contribution in [0.25, 0.3) is 10.8 Å². The maximum atomic E-state index is 13.0. The molecule has 0 saturated heterocycles. The van der Waals surface area contributed by atoms with Crippen LogP contribution in [0, 0.1) is 0 Å². The van der Waals surface area contributed by atoms with Crippen LogP contribution < -0.4 is 14.2 Å². The highest BCUT2D eigenvalue weighted by atomic mass is 19.3. The highest BCUT2D eigenvalue weighted by molar-refractivity contribution is 5.98. The van der Waals surface area contributed by atoms with Crippen molar-refractivity contribution in [1.82, 2.24) is 0 Å². The molecule has 0 aromatic heterocycles. The van der Waals surface area contributed by atoms with Crippen molar-refractivity contribution in [3.05, 3.63) is 78.4 Å². The number of hydrogen-bond donors (Lipinski definition) is 0. The molecular weight excluding hydrogens is 390 g/mol. The zero-order valence-corrected chi connectivity index (χ0v) is 16.9. The first kappa shape index (κ1) is 21.3. The predicted octanol–water partition coefficient (Wildman–Crippen LogP) is 6.24. The number of benzene rings is 3. The van der Waals surface area contributed by atoms with Gasteiger partial charge in [0, 0.05) is 16.3 Å². The van der Waals surface area contributed by atoms with Gasteiger partial charge >= 0.3 is 12.6 Å². The number of carbonyl (C=O) groups is 1. The molecule has 0 amide bonds. The second-order valence-electron chi connectivity index (χ2n) is 7.27. The summed E-state index contributed by atoms with van der Waals surface area (Å²) in [6.07, 6.45) is 0. The fourth-order valence-corrected chi connectivity index (χ4v) is 3.01. The Morgan fingerprint density at radius 2 is 1.63 bits per heavy atom. The summed E-state index contributed by atoms with van der Waals surface area (Å²) in [5.74, 6) is -0.284. The van der Waals surface area contributed by atoms with E-state index < -0.39 is 18.2 Å². The average molecular weight is 412 g/mol. The predicted molar refractivity (Wildman–Crippen MR) is 111 cm³/mol. The van der Waals surface area contributed by atoms with E-state index in [9.17, 15) is 13.6 Å². The van der Waals surface area contributed by atoms with E-state index in [-0.39, 0.29) is 22.8 Å². The molecule has 0 aliphatic carbocycles. The molecule has 0 spiro atoms. The van der Waals surface area contributed by atoms with Gasteiger partial charge in [0.25, 0.3) is 0 Å². The highest BCUT2D eigenvalue weighted by Crippen LogP contribution is 2.43. The number of hydrogen-bond acceptors (Lipinski definition) is 4. The maximum absolute atomic E-state index is 13.0. The summed E-state index contributed by atoms with van der Waals surface area (Å²) in [6, 6.07) is 17.3. The van der Waals surface area contributed by atoms with Gasteiger partial charge in [-0.15, -0.1) is 0 Å². The summed E-state index contributed by atoms with van der Waals surface area (Å²) in [7, 11) is 0. The summed E-state index contributed by atoms with van der Waals surface area (Å²) in [6.45, 7) is 5.76. The standard InChI is InChI=1S/C24H22F2O4/c1-15(2)22(27)28-19-12-8-11-18-17(19)13-14-20(29-23(25)26)21(18)30-24(3,4)16-9-6-5-7-10-16/h5-14,23H,1H2,2-4H3. The summed E-state index contributed by atoms with van der Waals surface area (Å²) < 4.78 is 42.4. The van der Waals surface area contributed by atoms with Gasteiger partial charge in [-0.05, 0) is 44.5 Å². The Hall–Kier alpha value is -3.41. The molecule has 3 aromatic carbocycles. The largest absolute Gasteiger partial charge is 0.479 e. The zero-order valence-electron chi connectivity index (χ0n) is 16.9. The van der Waals surface area contributed by atoms with Gasteiger partial charge < -0.3 is 14.2 Å². The third-order valence-electron chi connectivity index (χ3n) is 4.53. The lowest BCUT2D eigenvalue weighted by Crippen LogP contribution is -2.25. The van der Waals surface area contributed by atoms with Crippen molar-refractivity contribution in [3.8, 4) is 17.2 Å². The van der Waals surface area contributed by atoms with Crippen molar-refractivity contribution >= 4 is 16.7 Å². The first-order valence-corrected chi connectivity index (χ1v) is 9.32. The van der Waals surface area contributed by atoms with Gasteiger partial charge in [0.15, 0.2) is 11.5 Å². The number of carbonyl (C=O) groups excluding carboxylic acids is 1. The van der Waals surface area contributed by atoms with Crippen molar-refractivity contribution in [3.63, 3.8) is 0 Å². The maximum Gasteiger partial charge on any atom is 0.387 e. The van der Waals surface area contributed by atoms with Crippen molar-refractivity contribution < 1.29 is 27.8 Å². The molecule has 0 aliphatic rings. The fraction of sp³-hybridized carbons (Fsp3) is 0.208. The van der Waals surface area contributed by atoms with E-state index in [1.165, 1.54) is 6.07 Å².